The smallest absolute Gasteiger partial charge is 0.149 e. The van der Waals surface area contributed by atoms with E-state index in [4.69, 9.17) is 13.3 Å². The van der Waals surface area contributed by atoms with Crippen molar-refractivity contribution in [3.8, 4) is 0 Å². The fourth-order valence-corrected chi connectivity index (χ4v) is 20.3. The van der Waals surface area contributed by atoms with Crippen LogP contribution >= 0.6 is 11.3 Å². The Morgan fingerprint density at radius 1 is 0.314 bits per heavy atom. The van der Waals surface area contributed by atoms with Gasteiger partial charge in [0.2, 0.25) is 0 Å². The van der Waals surface area contributed by atoms with Crippen LogP contribution in [0.4, 0.5) is 0 Å². The number of thiophene rings is 1. The summed E-state index contributed by atoms with van der Waals surface area (Å²) in [6, 6.07) is 62.4. The normalized spacial score (nSPS) is 19.0. The van der Waals surface area contributed by atoms with Crippen molar-refractivity contribution in [3.63, 3.8) is 0 Å². The minimum atomic E-state index is 0.0420. The van der Waals surface area contributed by atoms with E-state index in [2.05, 4.69) is 456 Å². The van der Waals surface area contributed by atoms with Gasteiger partial charge in [0.1, 0.15) is 58.7 Å². The fraction of sp³-hybridized carbons (Fsp3) is 0.377. The molecule has 14 aromatic rings. The molecule has 121 heavy (non-hydrogen) atoms. The van der Waals surface area contributed by atoms with Crippen molar-refractivity contribution < 1.29 is 13.3 Å². The number of hydrogen-bond acceptors (Lipinski definition) is 14. The van der Waals surface area contributed by atoms with Crippen molar-refractivity contribution in [1.82, 2.24) is 51.1 Å². The number of nitrogens with zero attached hydrogens (tertiary/aromatic N) is 5. The molecular weight excluding hydrogens is 1570 g/mol. The molecule has 5 aromatic heterocycles. The van der Waals surface area contributed by atoms with E-state index in [0.717, 1.165) is 34.0 Å². The molecule has 0 aliphatic carbocycles. The van der Waals surface area contributed by atoms with E-state index in [1.165, 1.54) is 112 Å². The maximum atomic E-state index is 6.44. The number of benzene rings is 9. The van der Waals surface area contributed by atoms with Crippen LogP contribution < -0.4 is 26.6 Å². The molecule has 0 radical (unpaired) electrons. The topological polar surface area (TPSA) is 116 Å². The Bertz CT molecular complexity index is 6070. The molecule has 5 aliphatic heterocycles. The van der Waals surface area contributed by atoms with Gasteiger partial charge in [-0.15, -0.1) is 11.3 Å². The molecule has 15 heteroatoms. The first kappa shape index (κ1) is 86.3. The predicted octanol–water partition coefficient (Wildman–Crippen LogP) is 26.4. The van der Waals surface area contributed by atoms with Gasteiger partial charge in [-0.25, -0.2) is 0 Å². The van der Waals surface area contributed by atoms with Crippen LogP contribution in [0.2, 0.25) is 0 Å². The van der Waals surface area contributed by atoms with Crippen molar-refractivity contribution in [2.75, 3.05) is 35.2 Å². The molecule has 5 unspecified atom stereocenters. The van der Waals surface area contributed by atoms with Gasteiger partial charge in [0.05, 0.1) is 4.88 Å². The average Bonchev–Trinajstić information content (AvgIpc) is 1.62. The van der Waals surface area contributed by atoms with Crippen molar-refractivity contribution >= 4 is 152 Å². The molecule has 10 heterocycles. The van der Waals surface area contributed by atoms with Crippen molar-refractivity contribution in [2.24, 2.45) is 27.1 Å². The third-order valence-corrected chi connectivity index (χ3v) is 30.3. The van der Waals surface area contributed by atoms with Crippen LogP contribution in [-0.2, 0) is 0 Å². The van der Waals surface area contributed by atoms with Crippen LogP contribution in [0, 0.1) is 27.1 Å². The van der Waals surface area contributed by atoms with E-state index in [1.807, 2.05) is 11.3 Å². The number of nitrogens with one attached hydrogen (secondary N) is 5. The molecule has 0 amide bonds. The second-order valence-corrected chi connectivity index (χ2v) is 43.1. The van der Waals surface area contributed by atoms with E-state index >= 15 is 0 Å². The first-order chi connectivity index (χ1) is 57.3. The maximum absolute atomic E-state index is 6.44. The summed E-state index contributed by atoms with van der Waals surface area (Å²) < 4.78 is 23.6. The number of hydrogen-bond donors (Lipinski definition) is 5. The molecule has 632 valence electrons. The summed E-state index contributed by atoms with van der Waals surface area (Å²) in [7, 11) is 10.6. The van der Waals surface area contributed by atoms with Gasteiger partial charge < -0.3 is 32.9 Å². The Kier molecular flexibility index (Phi) is 24.2. The molecule has 0 spiro atoms. The second kappa shape index (κ2) is 33.9. The van der Waals surface area contributed by atoms with Crippen LogP contribution in [0.15, 0.2) is 214 Å². The number of fused-ring (bicyclic) bond motifs is 22. The Balaban J connectivity index is 0.000000118. The molecule has 13 nitrogen and oxygen atoms in total. The van der Waals surface area contributed by atoms with Gasteiger partial charge >= 0.3 is 133 Å². The molecule has 5 N–H and O–H groups in total. The monoisotopic (exact) mass is 1700 g/mol. The largest absolute Gasteiger partial charge is 0.457 e. The van der Waals surface area contributed by atoms with Gasteiger partial charge in [-0.05, 0) is 136 Å². The van der Waals surface area contributed by atoms with Gasteiger partial charge in [-0.3, -0.25) is 21.3 Å². The molecule has 0 saturated carbocycles. The van der Waals surface area contributed by atoms with E-state index in [1.54, 1.807) is 4.44 Å². The Morgan fingerprint density at radius 3 is 1.21 bits per heavy atom. The van der Waals surface area contributed by atoms with Crippen molar-refractivity contribution in [2.45, 2.75) is 200 Å². The summed E-state index contributed by atoms with van der Waals surface area (Å²) in [6.45, 7) is 45.4. The zero-order valence-corrected chi connectivity index (χ0v) is 78.5. The third-order valence-electron chi connectivity index (χ3n) is 26.4. The Hall–Kier alpha value is -9.64. The van der Waals surface area contributed by atoms with Crippen LogP contribution in [-0.4, -0.2) is 104 Å². The molecule has 0 bridgehead atoms. The summed E-state index contributed by atoms with van der Waals surface area (Å²) in [5, 5.41) is 35.4. The zero-order chi connectivity index (χ0) is 86.3. The van der Waals surface area contributed by atoms with Crippen LogP contribution in [0.3, 0.4) is 0 Å². The molecule has 0 saturated heterocycles. The Morgan fingerprint density at radius 2 is 0.678 bits per heavy atom. The zero-order valence-electron chi connectivity index (χ0n) is 76.0. The van der Waals surface area contributed by atoms with Crippen LogP contribution in [0.5, 0.6) is 0 Å². The molecule has 10 atom stereocenters. The predicted molar refractivity (Wildman–Crippen MR) is 519 cm³/mol. The van der Waals surface area contributed by atoms with Crippen molar-refractivity contribution in [3.05, 3.63) is 255 Å². The van der Waals surface area contributed by atoms with E-state index < -0.39 is 0 Å². The quantitative estimate of drug-likeness (QED) is 0.0838. The molecule has 19 rings (SSSR count). The van der Waals surface area contributed by atoms with Gasteiger partial charge in [0, 0.05) is 131 Å². The minimum absolute atomic E-state index is 0.0420. The summed E-state index contributed by atoms with van der Waals surface area (Å²) >= 11 is 2.37. The third kappa shape index (κ3) is 17.6. The molecule has 5 aliphatic rings. The summed E-state index contributed by atoms with van der Waals surface area (Å²) in [6.07, 6.45) is 22.6. The van der Waals surface area contributed by atoms with Crippen molar-refractivity contribution in [1.29, 1.82) is 0 Å². The standard InChI is InChI=1S/3C22H26N2O.C22H26N2S.C18H24N2Se/c1-14(22(2,3)4)23-21-20-17(10-11-24(21)5)18-12-15-8-6-7-9-16(15)13-19(18)25-20;1-14(22(2,3)4)23-21-20-17(12-13-24(21)5)19-16-9-7-6-8-15(16)10-11-18(19)25-20;2*1-14(22(2,3)4)23-21-20-18(12-13-24(21)5)17-11-10-15-8-6-7-9-16(15)19(17)25-20;1-12(18(2,3)4)19-17-16-14(10-11-20(17)5)13-8-6-7-9-15(13)21-16/h4*6-14,21,23H,1-5H3;6-12,17,19H,1-5H3/t4*14-,21?;12-,17?/m11111/s1. The van der Waals surface area contributed by atoms with E-state index in [0.29, 0.717) is 50.9 Å². The average molecular weight is 1700 g/mol. The fourth-order valence-electron chi connectivity index (χ4n) is 16.1. The summed E-state index contributed by atoms with van der Waals surface area (Å²) in [5.74, 6) is 3.02. The van der Waals surface area contributed by atoms with Gasteiger partial charge in [-0.2, -0.15) is 0 Å². The van der Waals surface area contributed by atoms with Gasteiger partial charge in [0.15, 0.2) is 0 Å². The van der Waals surface area contributed by atoms with Gasteiger partial charge in [0.25, 0.3) is 0 Å². The first-order valence-corrected chi connectivity index (χ1v) is 45.9. The summed E-state index contributed by atoms with van der Waals surface area (Å²) in [4.78, 5) is 12.6. The van der Waals surface area contributed by atoms with E-state index in [9.17, 15) is 0 Å². The summed E-state index contributed by atoms with van der Waals surface area (Å²) in [5.41, 5.74) is 10.3. The molecule has 9 aromatic carbocycles. The van der Waals surface area contributed by atoms with E-state index in [-0.39, 0.29) is 51.7 Å². The second-order valence-electron chi connectivity index (χ2n) is 39.8. The number of rotatable bonds is 10. The first-order valence-electron chi connectivity index (χ1n) is 43.4. The van der Waals surface area contributed by atoms with Gasteiger partial charge in [-0.1, -0.05) is 204 Å². The molecule has 0 fully saturated rings. The van der Waals surface area contributed by atoms with Crippen LogP contribution in [0.1, 0.15) is 224 Å². The number of furan rings is 3. The SMILES string of the molecule is C[C@@H](NC1c2[se]c3ccccc3c2C=CN1C)C(C)(C)C.C[C@@H](NC1c2oc3c(ccc4ccccc43)c2C=CN1C)C(C)(C)C.C[C@@H](NC1c2oc3cc4ccccc4cc3c2C=CN1C)C(C)(C)C.C[C@@H](NC1c2oc3ccc4ccccc4c3c2C=CN1C)C(C)(C)C.C[C@@H](NC1c2sc3c(ccc4ccccc43)c2C=CN1C)C(C)(C)C. The van der Waals surface area contributed by atoms with Crippen LogP contribution in [0.25, 0.3) is 126 Å². The maximum Gasteiger partial charge on any atom is 0.149 e. The molecular formula is C106H128N10O3SSe. The Labute approximate surface area is 728 Å². The minimum Gasteiger partial charge on any atom is -0.457 e.